The molecule has 6 heteroatoms. The van der Waals surface area contributed by atoms with E-state index in [2.05, 4.69) is 39.1 Å². The van der Waals surface area contributed by atoms with Crippen molar-refractivity contribution < 1.29 is 4.79 Å². The van der Waals surface area contributed by atoms with Crippen molar-refractivity contribution in [1.82, 2.24) is 14.0 Å². The van der Waals surface area contributed by atoms with Crippen LogP contribution in [-0.2, 0) is 18.4 Å². The Balaban J connectivity index is 1.56. The quantitative estimate of drug-likeness (QED) is 0.658. The van der Waals surface area contributed by atoms with Gasteiger partial charge in [0.05, 0.1) is 18.2 Å². The lowest BCUT2D eigenvalue weighted by molar-refractivity contribution is -0.117. The minimum absolute atomic E-state index is 0.0792. The van der Waals surface area contributed by atoms with Gasteiger partial charge in [-0.15, -0.1) is 0 Å². The molecule has 1 fully saturated rings. The average Bonchev–Trinajstić information content (AvgIpc) is 3.44. The van der Waals surface area contributed by atoms with Crippen molar-refractivity contribution in [1.29, 1.82) is 5.26 Å². The van der Waals surface area contributed by atoms with Gasteiger partial charge in [-0.2, -0.15) is 5.26 Å². The minimum atomic E-state index is -0.0792. The van der Waals surface area contributed by atoms with Gasteiger partial charge < -0.3 is 14.5 Å². The molecule has 3 aromatic rings. The van der Waals surface area contributed by atoms with Crippen LogP contribution in [0.2, 0.25) is 0 Å². The lowest BCUT2D eigenvalue weighted by atomic mass is 10.1. The summed E-state index contributed by atoms with van der Waals surface area (Å²) >= 11 is 0. The molecule has 0 radical (unpaired) electrons. The number of benzene rings is 1. The molecule has 3 heterocycles. The third-order valence-corrected chi connectivity index (χ3v) is 6.42. The molecule has 4 rings (SSSR count). The number of nitriles is 1. The fraction of sp³-hybridized carbons (Fsp3) is 0.360. The fourth-order valence-electron chi connectivity index (χ4n) is 4.62. The first kappa shape index (κ1) is 21.0. The van der Waals surface area contributed by atoms with Crippen molar-refractivity contribution in [3.63, 3.8) is 0 Å². The van der Waals surface area contributed by atoms with Crippen LogP contribution in [0.3, 0.4) is 0 Å². The second-order valence-corrected chi connectivity index (χ2v) is 8.34. The molecule has 2 aromatic heterocycles. The zero-order valence-corrected chi connectivity index (χ0v) is 18.4. The lowest BCUT2D eigenvalue weighted by Crippen LogP contribution is -2.34. The predicted molar refractivity (Wildman–Crippen MR) is 122 cm³/mol. The van der Waals surface area contributed by atoms with Gasteiger partial charge in [0.15, 0.2) is 0 Å². The third kappa shape index (κ3) is 4.14. The molecule has 1 aliphatic heterocycles. The summed E-state index contributed by atoms with van der Waals surface area (Å²) in [6.07, 6.45) is 4.18. The maximum absolute atomic E-state index is 13.1. The van der Waals surface area contributed by atoms with Gasteiger partial charge in [0, 0.05) is 31.2 Å². The van der Waals surface area contributed by atoms with Crippen molar-refractivity contribution in [3.05, 3.63) is 76.7 Å². The first-order valence-corrected chi connectivity index (χ1v) is 10.8. The number of carbonyl (C=O) groups excluding carboxylic acids is 1. The molecule has 1 aromatic carbocycles. The molecular weight excluding hydrogens is 386 g/mol. The Morgan fingerprint density at radius 2 is 1.97 bits per heavy atom. The fourth-order valence-corrected chi connectivity index (χ4v) is 4.62. The summed E-state index contributed by atoms with van der Waals surface area (Å²) in [7, 11) is 2.05. The highest BCUT2D eigenvalue weighted by Crippen LogP contribution is 2.32. The molecule has 1 unspecified atom stereocenters. The number of anilines is 1. The minimum Gasteiger partial charge on any atom is -0.353 e. The van der Waals surface area contributed by atoms with Gasteiger partial charge in [0.2, 0.25) is 5.91 Å². The van der Waals surface area contributed by atoms with E-state index in [1.807, 2.05) is 55.9 Å². The van der Waals surface area contributed by atoms with Gasteiger partial charge in [0.25, 0.3) is 0 Å². The van der Waals surface area contributed by atoms with Crippen LogP contribution in [0.5, 0.6) is 0 Å². The Kier molecular flexibility index (Phi) is 5.97. The SMILES string of the molecule is Cc1c(C#N)c(NC(=O)CN2CCCC2c2cccn2C)n(Cc2ccccc2)c1C. The summed E-state index contributed by atoms with van der Waals surface area (Å²) in [6, 6.07) is 16.8. The normalized spacial score (nSPS) is 16.4. The zero-order valence-electron chi connectivity index (χ0n) is 18.4. The number of hydrogen-bond acceptors (Lipinski definition) is 3. The van der Waals surface area contributed by atoms with Crippen LogP contribution in [-0.4, -0.2) is 33.0 Å². The van der Waals surface area contributed by atoms with E-state index in [-0.39, 0.29) is 11.9 Å². The maximum atomic E-state index is 13.1. The Morgan fingerprint density at radius 3 is 2.65 bits per heavy atom. The van der Waals surface area contributed by atoms with Crippen molar-refractivity contribution in [3.8, 4) is 6.07 Å². The summed E-state index contributed by atoms with van der Waals surface area (Å²) in [5, 5.41) is 12.8. The molecular formula is C25H29N5O. The maximum Gasteiger partial charge on any atom is 0.239 e. The Bertz CT molecular complexity index is 1120. The van der Waals surface area contributed by atoms with E-state index >= 15 is 0 Å². The van der Waals surface area contributed by atoms with Crippen LogP contribution in [0, 0.1) is 25.2 Å². The number of carbonyl (C=O) groups is 1. The molecule has 1 saturated heterocycles. The molecule has 0 bridgehead atoms. The van der Waals surface area contributed by atoms with Gasteiger partial charge in [-0.1, -0.05) is 30.3 Å². The van der Waals surface area contributed by atoms with Crippen molar-refractivity contribution >= 4 is 11.7 Å². The van der Waals surface area contributed by atoms with Crippen LogP contribution >= 0.6 is 0 Å². The Hall–Kier alpha value is -3.30. The summed E-state index contributed by atoms with van der Waals surface area (Å²) in [4.78, 5) is 15.3. The number of rotatable bonds is 6. The predicted octanol–water partition coefficient (Wildman–Crippen LogP) is 4.14. The first-order chi connectivity index (χ1) is 15.0. The summed E-state index contributed by atoms with van der Waals surface area (Å²) < 4.78 is 4.17. The van der Waals surface area contributed by atoms with E-state index in [0.717, 1.165) is 36.2 Å². The molecule has 0 aliphatic carbocycles. The van der Waals surface area contributed by atoms with E-state index in [9.17, 15) is 10.1 Å². The van der Waals surface area contributed by atoms with Crippen molar-refractivity contribution in [2.75, 3.05) is 18.4 Å². The summed E-state index contributed by atoms with van der Waals surface area (Å²) in [5.41, 5.74) is 4.82. The molecule has 6 nitrogen and oxygen atoms in total. The Morgan fingerprint density at radius 1 is 1.19 bits per heavy atom. The Labute approximate surface area is 183 Å². The summed E-state index contributed by atoms with van der Waals surface area (Å²) in [5.74, 6) is 0.519. The summed E-state index contributed by atoms with van der Waals surface area (Å²) in [6.45, 7) is 5.77. The largest absolute Gasteiger partial charge is 0.353 e. The molecule has 160 valence electrons. The molecule has 31 heavy (non-hydrogen) atoms. The van der Waals surface area contributed by atoms with Crippen LogP contribution in [0.1, 0.15) is 47.0 Å². The van der Waals surface area contributed by atoms with E-state index in [4.69, 9.17) is 0 Å². The standard InChI is InChI=1S/C25H29N5O/c1-18-19(2)30(16-20-9-5-4-6-10-20)25(21(18)15-26)27-24(31)17-29-14-8-12-23(29)22-11-7-13-28(22)3/h4-7,9-11,13,23H,8,12,14,16-17H2,1-3H3,(H,27,31). The van der Waals surface area contributed by atoms with E-state index in [1.54, 1.807) is 0 Å². The van der Waals surface area contributed by atoms with Crippen molar-refractivity contribution in [2.45, 2.75) is 39.3 Å². The number of nitrogens with zero attached hydrogens (tertiary/aromatic N) is 4. The molecule has 0 spiro atoms. The number of nitrogens with one attached hydrogen (secondary N) is 1. The highest BCUT2D eigenvalue weighted by Gasteiger charge is 2.29. The highest BCUT2D eigenvalue weighted by molar-refractivity contribution is 5.93. The van der Waals surface area contributed by atoms with Crippen LogP contribution in [0.4, 0.5) is 5.82 Å². The monoisotopic (exact) mass is 415 g/mol. The number of amides is 1. The highest BCUT2D eigenvalue weighted by atomic mass is 16.2. The van der Waals surface area contributed by atoms with Gasteiger partial charge in [0.1, 0.15) is 11.9 Å². The number of likely N-dealkylation sites (tertiary alicyclic amines) is 1. The van der Waals surface area contributed by atoms with Gasteiger partial charge in [-0.3, -0.25) is 9.69 Å². The second kappa shape index (κ2) is 8.83. The van der Waals surface area contributed by atoms with Crippen molar-refractivity contribution in [2.24, 2.45) is 7.05 Å². The molecule has 1 aliphatic rings. The van der Waals surface area contributed by atoms with Gasteiger partial charge in [-0.25, -0.2) is 0 Å². The smallest absolute Gasteiger partial charge is 0.239 e. The molecule has 1 N–H and O–H groups in total. The first-order valence-electron chi connectivity index (χ1n) is 10.8. The van der Waals surface area contributed by atoms with E-state index < -0.39 is 0 Å². The lowest BCUT2D eigenvalue weighted by Gasteiger charge is -2.24. The molecule has 1 atom stereocenters. The van der Waals surface area contributed by atoms with Crippen LogP contribution in [0.15, 0.2) is 48.7 Å². The second-order valence-electron chi connectivity index (χ2n) is 8.34. The number of aryl methyl sites for hydroxylation is 1. The average molecular weight is 416 g/mol. The molecule has 1 amide bonds. The zero-order chi connectivity index (χ0) is 22.0. The molecule has 0 saturated carbocycles. The van der Waals surface area contributed by atoms with Crippen LogP contribution in [0.25, 0.3) is 0 Å². The van der Waals surface area contributed by atoms with Gasteiger partial charge in [-0.05, 0) is 56.5 Å². The van der Waals surface area contributed by atoms with Gasteiger partial charge >= 0.3 is 0 Å². The van der Waals surface area contributed by atoms with E-state index in [0.29, 0.717) is 24.5 Å². The van der Waals surface area contributed by atoms with Crippen LogP contribution < -0.4 is 5.32 Å². The number of hydrogen-bond donors (Lipinski definition) is 1. The topological polar surface area (TPSA) is 66.0 Å². The third-order valence-electron chi connectivity index (χ3n) is 6.42. The van der Waals surface area contributed by atoms with E-state index in [1.165, 1.54) is 5.69 Å². The number of aromatic nitrogens is 2.